The quantitative estimate of drug-likeness (QED) is 0.159. The van der Waals surface area contributed by atoms with E-state index in [0.29, 0.717) is 33.5 Å². The van der Waals surface area contributed by atoms with Crippen LogP contribution < -0.4 is 4.90 Å². The number of anilines is 3. The molecule has 2 aliphatic carbocycles. The van der Waals surface area contributed by atoms with Crippen molar-refractivity contribution in [1.29, 1.82) is 0 Å². The third-order valence-electron chi connectivity index (χ3n) is 13.9. The molecule has 0 N–H and O–H groups in total. The highest BCUT2D eigenvalue weighted by Gasteiger charge is 2.47. The summed E-state index contributed by atoms with van der Waals surface area (Å²) >= 11 is 0. The SMILES string of the molecule is [2H]c1c([2H])c(N(c2cccc3c2-c2ccccc2C3(c2ccccc2)c2ccccc2)c2c([2H])c([2H])c(-c3cccc4c3oc3ccccc34)c([2H])c2[2H])c([2H])c([2H])c1-c1cccc2c1-c1ccccc1C2(C)C. The minimum atomic E-state index is -0.892. The van der Waals surface area contributed by atoms with Gasteiger partial charge in [0.25, 0.3) is 0 Å². The van der Waals surface area contributed by atoms with Gasteiger partial charge in [0.2, 0.25) is 0 Å². The summed E-state index contributed by atoms with van der Waals surface area (Å²) in [5, 5.41) is 1.61. The van der Waals surface area contributed by atoms with Gasteiger partial charge in [-0.3, -0.25) is 0 Å². The van der Waals surface area contributed by atoms with Crippen molar-refractivity contribution in [2.24, 2.45) is 0 Å². The minimum Gasteiger partial charge on any atom is -0.455 e. The minimum absolute atomic E-state index is 0.0280. The lowest BCUT2D eigenvalue weighted by molar-refractivity contribution is 0.660. The lowest BCUT2D eigenvalue weighted by Crippen LogP contribution is -2.28. The van der Waals surface area contributed by atoms with E-state index in [1.54, 1.807) is 6.07 Å². The Morgan fingerprint density at radius 3 is 1.58 bits per heavy atom. The number of hydrogen-bond donors (Lipinski definition) is 0. The molecule has 1 heterocycles. The molecule has 66 heavy (non-hydrogen) atoms. The zero-order valence-corrected chi connectivity index (χ0v) is 36.3. The molecule has 0 saturated heterocycles. The van der Waals surface area contributed by atoms with E-state index in [2.05, 4.69) is 62.4 Å². The first-order valence-corrected chi connectivity index (χ1v) is 22.4. The lowest BCUT2D eigenvalue weighted by atomic mass is 9.68. The van der Waals surface area contributed by atoms with E-state index in [0.717, 1.165) is 60.8 Å². The van der Waals surface area contributed by atoms with Crippen molar-refractivity contribution < 1.29 is 15.4 Å². The van der Waals surface area contributed by atoms with E-state index in [9.17, 15) is 11.0 Å². The Labute approximate surface area is 396 Å². The fraction of sp³-hybridized carbons (Fsp3) is 0.0625. The van der Waals surface area contributed by atoms with Crippen LogP contribution in [0.3, 0.4) is 0 Å². The van der Waals surface area contributed by atoms with Crippen LogP contribution in [0.25, 0.3) is 66.4 Å². The van der Waals surface area contributed by atoms with Gasteiger partial charge in [0.05, 0.1) is 22.1 Å². The third kappa shape index (κ3) is 5.48. The monoisotopic (exact) mass is 851 g/mol. The van der Waals surface area contributed by atoms with Gasteiger partial charge in [-0.25, -0.2) is 0 Å². The van der Waals surface area contributed by atoms with Crippen LogP contribution in [0.4, 0.5) is 17.1 Å². The second-order valence-electron chi connectivity index (χ2n) is 17.7. The molecule has 1 aromatic heterocycles. The summed E-state index contributed by atoms with van der Waals surface area (Å²) in [6, 6.07) is 58.3. The fourth-order valence-electron chi connectivity index (χ4n) is 11.0. The molecule has 0 amide bonds. The molecule has 2 heteroatoms. The molecular formula is C64H45NO. The van der Waals surface area contributed by atoms with E-state index >= 15 is 0 Å². The van der Waals surface area contributed by atoms with E-state index in [4.69, 9.17) is 4.42 Å². The number of hydrogen-bond acceptors (Lipinski definition) is 2. The highest BCUT2D eigenvalue weighted by molar-refractivity contribution is 6.09. The van der Waals surface area contributed by atoms with Gasteiger partial charge in [-0.2, -0.15) is 0 Å². The molecule has 0 bridgehead atoms. The second-order valence-corrected chi connectivity index (χ2v) is 17.7. The van der Waals surface area contributed by atoms with Gasteiger partial charge in [0.1, 0.15) is 11.2 Å². The van der Waals surface area contributed by atoms with E-state index in [1.807, 2.05) is 133 Å². The molecule has 312 valence electrons. The van der Waals surface area contributed by atoms with Crippen LogP contribution in [0, 0.1) is 0 Å². The Morgan fingerprint density at radius 2 is 0.879 bits per heavy atom. The molecule has 0 radical (unpaired) electrons. The Hall–Kier alpha value is -8.20. The van der Waals surface area contributed by atoms with Crippen molar-refractivity contribution in [2.75, 3.05) is 4.90 Å². The number of furan rings is 1. The number of rotatable bonds is 7. The van der Waals surface area contributed by atoms with Gasteiger partial charge >= 0.3 is 0 Å². The van der Waals surface area contributed by atoms with Crippen LogP contribution in [0.5, 0.6) is 0 Å². The maximum absolute atomic E-state index is 10.2. The second kappa shape index (κ2) is 14.7. The van der Waals surface area contributed by atoms with Crippen molar-refractivity contribution in [3.8, 4) is 44.5 Å². The number of benzene rings is 10. The average molecular weight is 852 g/mol. The first kappa shape index (κ1) is 30.8. The molecule has 2 nitrogen and oxygen atoms in total. The molecule has 0 atom stereocenters. The van der Waals surface area contributed by atoms with Crippen LogP contribution >= 0.6 is 0 Å². The van der Waals surface area contributed by atoms with Gasteiger partial charge < -0.3 is 9.32 Å². The molecular weight excluding hydrogens is 799 g/mol. The standard InChI is InChI=1S/C64H45NO/c1-63(2)54-28-12-9-23-52(54)60-48(25-16-30-56(60)63)42-34-38-46(39-35-42)65(47-40-36-43(37-41-47)49-26-15-27-51-50-22-11-14-33-59(50)66-62(49)51)58-32-17-31-57-61(58)53-24-10-13-29-55(53)64(57,44-18-5-3-6-19-44)45-20-7-4-8-21-45/h3-41H,1-2H3/i34D,35D,36D,37D,38D,39D,40D,41D. The Morgan fingerprint density at radius 1 is 0.394 bits per heavy atom. The topological polar surface area (TPSA) is 16.4 Å². The summed E-state index contributed by atoms with van der Waals surface area (Å²) in [6.45, 7) is 4.30. The fourth-order valence-corrected chi connectivity index (χ4v) is 11.0. The maximum atomic E-state index is 10.2. The first-order valence-electron chi connectivity index (χ1n) is 26.4. The summed E-state index contributed by atoms with van der Waals surface area (Å²) in [4.78, 5) is 1.46. The van der Waals surface area contributed by atoms with Crippen molar-refractivity contribution in [1.82, 2.24) is 0 Å². The molecule has 13 rings (SSSR count). The van der Waals surface area contributed by atoms with Crippen LogP contribution in [0.2, 0.25) is 0 Å². The number of nitrogens with zero attached hydrogens (tertiary/aromatic N) is 1. The summed E-state index contributed by atoms with van der Waals surface area (Å²) < 4.78 is 86.7. The van der Waals surface area contributed by atoms with Crippen LogP contribution in [0.1, 0.15) is 58.2 Å². The molecule has 0 aliphatic heterocycles. The molecule has 0 fully saturated rings. The predicted octanol–water partition coefficient (Wildman–Crippen LogP) is 17.1. The summed E-state index contributed by atoms with van der Waals surface area (Å²) in [6.07, 6.45) is 0. The Bertz CT molecular complexity index is 4070. The molecule has 0 unspecified atom stereocenters. The number of para-hydroxylation sites is 2. The summed E-state index contributed by atoms with van der Waals surface area (Å²) in [5.41, 5.74) is 10.0. The molecule has 11 aromatic rings. The highest BCUT2D eigenvalue weighted by atomic mass is 16.3. The van der Waals surface area contributed by atoms with Crippen molar-refractivity contribution in [2.45, 2.75) is 24.7 Å². The number of fused-ring (bicyclic) bond motifs is 9. The predicted molar refractivity (Wildman–Crippen MR) is 274 cm³/mol. The Balaban J connectivity index is 1.13. The zero-order valence-electron chi connectivity index (χ0n) is 44.3. The maximum Gasteiger partial charge on any atom is 0.143 e. The summed E-state index contributed by atoms with van der Waals surface area (Å²) in [5.74, 6) is 0. The third-order valence-corrected chi connectivity index (χ3v) is 13.9. The molecule has 0 spiro atoms. The van der Waals surface area contributed by atoms with E-state index in [-0.39, 0.29) is 46.7 Å². The molecule has 2 aliphatic rings. The Kier molecular flexibility index (Phi) is 6.85. The van der Waals surface area contributed by atoms with Crippen LogP contribution in [-0.4, -0.2) is 0 Å². The van der Waals surface area contributed by atoms with Crippen molar-refractivity contribution >= 4 is 39.0 Å². The van der Waals surface area contributed by atoms with Gasteiger partial charge in [0.15, 0.2) is 0 Å². The van der Waals surface area contributed by atoms with Crippen LogP contribution in [0.15, 0.2) is 241 Å². The zero-order chi connectivity index (χ0) is 50.9. The smallest absolute Gasteiger partial charge is 0.143 e. The molecule has 0 saturated carbocycles. The van der Waals surface area contributed by atoms with E-state index < -0.39 is 35.0 Å². The average Bonchev–Trinajstić information content (AvgIpc) is 4.06. The largest absolute Gasteiger partial charge is 0.455 e. The lowest BCUT2D eigenvalue weighted by Gasteiger charge is -2.34. The first-order chi connectivity index (χ1) is 35.9. The van der Waals surface area contributed by atoms with Gasteiger partial charge in [-0.05, 0) is 103 Å². The van der Waals surface area contributed by atoms with Crippen molar-refractivity contribution in [3.05, 3.63) is 270 Å². The van der Waals surface area contributed by atoms with Gasteiger partial charge in [0, 0.05) is 38.7 Å². The summed E-state index contributed by atoms with van der Waals surface area (Å²) in [7, 11) is 0. The van der Waals surface area contributed by atoms with Gasteiger partial charge in [-0.1, -0.05) is 214 Å². The highest BCUT2D eigenvalue weighted by Crippen LogP contribution is 2.60. The normalized spacial score (nSPS) is 15.5. The van der Waals surface area contributed by atoms with Crippen molar-refractivity contribution in [3.63, 3.8) is 0 Å². The van der Waals surface area contributed by atoms with E-state index in [1.165, 1.54) is 4.90 Å². The van der Waals surface area contributed by atoms with Crippen LogP contribution in [-0.2, 0) is 10.8 Å². The molecule has 10 aromatic carbocycles. The van der Waals surface area contributed by atoms with Gasteiger partial charge in [-0.15, -0.1) is 0 Å².